The predicted molar refractivity (Wildman–Crippen MR) is 124 cm³/mol. The van der Waals surface area contributed by atoms with Crippen molar-refractivity contribution in [3.05, 3.63) is 94.5 Å². The average molecular weight is 437 g/mol. The largest absolute Gasteiger partial charge is 0.489 e. The fourth-order valence-electron chi connectivity index (χ4n) is 2.74. The van der Waals surface area contributed by atoms with Crippen molar-refractivity contribution >= 4 is 23.7 Å². The van der Waals surface area contributed by atoms with Crippen LogP contribution in [0.4, 0.5) is 0 Å². The van der Waals surface area contributed by atoms with Gasteiger partial charge in [-0.05, 0) is 59.0 Å². The Balaban J connectivity index is 1.45. The third-order valence-corrected chi connectivity index (χ3v) is 4.75. The normalized spacial score (nSPS) is 11.0. The molecule has 0 bridgehead atoms. The molecule has 0 aromatic heterocycles. The second kappa shape index (κ2) is 11.2. The Bertz CT molecular complexity index is 1020. The van der Waals surface area contributed by atoms with Crippen LogP contribution in [0.3, 0.4) is 0 Å². The van der Waals surface area contributed by atoms with Gasteiger partial charge >= 0.3 is 0 Å². The zero-order valence-corrected chi connectivity index (χ0v) is 18.3. The molecule has 0 aliphatic heterocycles. The molecule has 0 saturated heterocycles. The fourth-order valence-corrected chi connectivity index (χ4v) is 2.87. The SMILES string of the molecule is CC(C)c1ccc(OCC(=O)NN=Cc2cccc(OCc3ccc(Cl)cc3)c2)cc1. The number of ether oxygens (including phenoxy) is 2. The summed E-state index contributed by atoms with van der Waals surface area (Å²) in [6.45, 7) is 4.58. The second-order valence-electron chi connectivity index (χ2n) is 7.29. The standard InChI is InChI=1S/C25H25ClN2O3/c1-18(2)21-8-12-23(13-9-21)31-17-25(29)28-27-15-20-4-3-5-24(14-20)30-16-19-6-10-22(26)11-7-19/h3-15,18H,16-17H2,1-2H3,(H,28,29). The van der Waals surface area contributed by atoms with Crippen molar-refractivity contribution < 1.29 is 14.3 Å². The van der Waals surface area contributed by atoms with Crippen molar-refractivity contribution in [3.8, 4) is 11.5 Å². The number of rotatable bonds is 9. The summed E-state index contributed by atoms with van der Waals surface area (Å²) in [6.07, 6.45) is 1.56. The third kappa shape index (κ3) is 7.46. The maximum Gasteiger partial charge on any atom is 0.277 e. The molecule has 5 nitrogen and oxygen atoms in total. The molecule has 160 valence electrons. The summed E-state index contributed by atoms with van der Waals surface area (Å²) in [7, 11) is 0. The number of hydrogen-bond acceptors (Lipinski definition) is 4. The summed E-state index contributed by atoms with van der Waals surface area (Å²) < 4.78 is 11.3. The molecule has 3 rings (SSSR count). The number of amides is 1. The predicted octanol–water partition coefficient (Wildman–Crippen LogP) is 5.57. The van der Waals surface area contributed by atoms with Gasteiger partial charge in [0.1, 0.15) is 18.1 Å². The van der Waals surface area contributed by atoms with E-state index in [1.807, 2.05) is 72.8 Å². The lowest BCUT2D eigenvalue weighted by atomic mass is 10.0. The summed E-state index contributed by atoms with van der Waals surface area (Å²) in [6, 6.07) is 22.7. The minimum Gasteiger partial charge on any atom is -0.489 e. The van der Waals surface area contributed by atoms with Crippen LogP contribution in [0, 0.1) is 0 Å². The molecular formula is C25H25ClN2O3. The van der Waals surface area contributed by atoms with Crippen LogP contribution in [0.2, 0.25) is 5.02 Å². The first kappa shape index (κ1) is 22.4. The maximum absolute atomic E-state index is 11.9. The molecule has 0 aliphatic carbocycles. The van der Waals surface area contributed by atoms with Crippen molar-refractivity contribution in [3.63, 3.8) is 0 Å². The Labute approximate surface area is 187 Å². The minimum absolute atomic E-state index is 0.109. The van der Waals surface area contributed by atoms with E-state index in [9.17, 15) is 4.79 Å². The van der Waals surface area contributed by atoms with Crippen LogP contribution in [0.25, 0.3) is 0 Å². The highest BCUT2D eigenvalue weighted by Crippen LogP contribution is 2.18. The Hall–Kier alpha value is -3.31. The van der Waals surface area contributed by atoms with E-state index in [1.165, 1.54) is 5.56 Å². The zero-order chi connectivity index (χ0) is 22.1. The average Bonchev–Trinajstić information content (AvgIpc) is 2.78. The quantitative estimate of drug-likeness (QED) is 0.352. The van der Waals surface area contributed by atoms with Gasteiger partial charge in [-0.3, -0.25) is 4.79 Å². The van der Waals surface area contributed by atoms with Crippen molar-refractivity contribution in [1.29, 1.82) is 0 Å². The van der Waals surface area contributed by atoms with Gasteiger partial charge < -0.3 is 9.47 Å². The van der Waals surface area contributed by atoms with E-state index in [0.29, 0.717) is 29.0 Å². The number of nitrogens with zero attached hydrogens (tertiary/aromatic N) is 1. The summed E-state index contributed by atoms with van der Waals surface area (Å²) in [5.74, 6) is 1.47. The van der Waals surface area contributed by atoms with Crippen molar-refractivity contribution in [2.75, 3.05) is 6.61 Å². The molecule has 0 heterocycles. The Morgan fingerprint density at radius 3 is 2.45 bits per heavy atom. The first-order chi connectivity index (χ1) is 15.0. The van der Waals surface area contributed by atoms with Gasteiger partial charge in [-0.25, -0.2) is 5.43 Å². The molecule has 0 radical (unpaired) electrons. The molecule has 0 aliphatic rings. The number of benzene rings is 3. The van der Waals surface area contributed by atoms with E-state index < -0.39 is 0 Å². The topological polar surface area (TPSA) is 59.9 Å². The maximum atomic E-state index is 11.9. The summed E-state index contributed by atoms with van der Waals surface area (Å²) in [4.78, 5) is 11.9. The van der Waals surface area contributed by atoms with Crippen LogP contribution in [0.1, 0.15) is 36.5 Å². The molecule has 0 atom stereocenters. The van der Waals surface area contributed by atoms with Crippen molar-refractivity contribution in [2.24, 2.45) is 5.10 Å². The minimum atomic E-state index is -0.334. The highest BCUT2D eigenvalue weighted by molar-refractivity contribution is 6.30. The Morgan fingerprint density at radius 1 is 1.00 bits per heavy atom. The van der Waals surface area contributed by atoms with Gasteiger partial charge in [0.25, 0.3) is 5.91 Å². The molecule has 0 spiro atoms. The molecular weight excluding hydrogens is 412 g/mol. The first-order valence-electron chi connectivity index (χ1n) is 10.0. The van der Waals surface area contributed by atoms with Gasteiger partial charge in [-0.2, -0.15) is 5.10 Å². The van der Waals surface area contributed by atoms with Crippen LogP contribution in [-0.2, 0) is 11.4 Å². The van der Waals surface area contributed by atoms with Crippen LogP contribution >= 0.6 is 11.6 Å². The number of carbonyl (C=O) groups is 1. The van der Waals surface area contributed by atoms with Gasteiger partial charge in [-0.15, -0.1) is 0 Å². The fraction of sp³-hybridized carbons (Fsp3) is 0.200. The Kier molecular flexibility index (Phi) is 8.07. The number of hydrogen-bond donors (Lipinski definition) is 1. The summed E-state index contributed by atoms with van der Waals surface area (Å²) in [5, 5.41) is 4.68. The van der Waals surface area contributed by atoms with Crippen LogP contribution in [0.15, 0.2) is 77.9 Å². The van der Waals surface area contributed by atoms with Gasteiger partial charge in [-0.1, -0.05) is 61.8 Å². The van der Waals surface area contributed by atoms with E-state index in [0.717, 1.165) is 11.1 Å². The van der Waals surface area contributed by atoms with Gasteiger partial charge in [0.05, 0.1) is 6.21 Å². The molecule has 1 N–H and O–H groups in total. The van der Waals surface area contributed by atoms with Crippen LogP contribution in [0.5, 0.6) is 11.5 Å². The number of hydrazone groups is 1. The van der Waals surface area contributed by atoms with E-state index in [1.54, 1.807) is 6.21 Å². The molecule has 3 aromatic rings. The Morgan fingerprint density at radius 2 is 1.74 bits per heavy atom. The van der Waals surface area contributed by atoms with E-state index in [-0.39, 0.29) is 12.5 Å². The van der Waals surface area contributed by atoms with E-state index in [4.69, 9.17) is 21.1 Å². The van der Waals surface area contributed by atoms with E-state index in [2.05, 4.69) is 24.4 Å². The molecule has 3 aromatic carbocycles. The molecule has 6 heteroatoms. The molecule has 0 unspecified atom stereocenters. The third-order valence-electron chi connectivity index (χ3n) is 4.50. The summed E-state index contributed by atoms with van der Waals surface area (Å²) >= 11 is 5.89. The number of nitrogens with one attached hydrogen (secondary N) is 1. The smallest absolute Gasteiger partial charge is 0.277 e. The monoisotopic (exact) mass is 436 g/mol. The van der Waals surface area contributed by atoms with Gasteiger partial charge in [0.15, 0.2) is 6.61 Å². The van der Waals surface area contributed by atoms with Crippen molar-refractivity contribution in [1.82, 2.24) is 5.43 Å². The van der Waals surface area contributed by atoms with Crippen molar-refractivity contribution in [2.45, 2.75) is 26.4 Å². The van der Waals surface area contributed by atoms with E-state index >= 15 is 0 Å². The molecule has 1 amide bonds. The lowest BCUT2D eigenvalue weighted by molar-refractivity contribution is -0.123. The molecule has 0 saturated carbocycles. The molecule has 31 heavy (non-hydrogen) atoms. The zero-order valence-electron chi connectivity index (χ0n) is 17.5. The van der Waals surface area contributed by atoms with Crippen LogP contribution < -0.4 is 14.9 Å². The first-order valence-corrected chi connectivity index (χ1v) is 10.4. The molecule has 0 fully saturated rings. The lowest BCUT2D eigenvalue weighted by Gasteiger charge is -2.08. The van der Waals surface area contributed by atoms with Gasteiger partial charge in [0.2, 0.25) is 0 Å². The second-order valence-corrected chi connectivity index (χ2v) is 7.73. The highest BCUT2D eigenvalue weighted by atomic mass is 35.5. The number of halogens is 1. The van der Waals surface area contributed by atoms with Gasteiger partial charge in [0, 0.05) is 5.02 Å². The highest BCUT2D eigenvalue weighted by Gasteiger charge is 2.03. The number of carbonyl (C=O) groups excluding carboxylic acids is 1. The lowest BCUT2D eigenvalue weighted by Crippen LogP contribution is -2.24. The van der Waals surface area contributed by atoms with Crippen LogP contribution in [-0.4, -0.2) is 18.7 Å². The summed E-state index contributed by atoms with van der Waals surface area (Å²) in [5.41, 5.74) is 5.52.